The molecule has 0 fully saturated rings. The molecule has 4 nitrogen and oxygen atoms in total. The molecule has 1 amide bonds. The van der Waals surface area contributed by atoms with E-state index in [0.717, 1.165) is 15.6 Å². The lowest BCUT2D eigenvalue weighted by Crippen LogP contribution is -2.27. The van der Waals surface area contributed by atoms with Crippen LogP contribution < -0.4 is 5.32 Å². The highest BCUT2D eigenvalue weighted by molar-refractivity contribution is 9.10. The van der Waals surface area contributed by atoms with E-state index in [9.17, 15) is 4.79 Å². The number of amides is 1. The highest BCUT2D eigenvalue weighted by Gasteiger charge is 2.14. The Bertz CT molecular complexity index is 910. The predicted octanol–water partition coefficient (Wildman–Crippen LogP) is 5.57. The van der Waals surface area contributed by atoms with Gasteiger partial charge in [0.1, 0.15) is 0 Å². The summed E-state index contributed by atoms with van der Waals surface area (Å²) >= 11 is 9.67. The van der Waals surface area contributed by atoms with E-state index in [2.05, 4.69) is 26.2 Å². The largest absolute Gasteiger partial charge is 0.441 e. The molecule has 0 spiro atoms. The molecule has 0 radical (unpaired) electrons. The van der Waals surface area contributed by atoms with Crippen LogP contribution in [0.25, 0.3) is 11.3 Å². The standard InChI is InChI=1S/C20H18BrClN2O2/c1-13(14-6-2-4-8-16(14)21)24-19(25)10-11-20-23-12-18(26-20)15-7-3-5-9-17(15)22/h2-9,12-13H,10-11H2,1H3,(H,24,25). The summed E-state index contributed by atoms with van der Waals surface area (Å²) in [6, 6.07) is 15.2. The number of halogens is 2. The number of benzene rings is 2. The van der Waals surface area contributed by atoms with Crippen LogP contribution in [0.2, 0.25) is 5.02 Å². The number of oxazole rings is 1. The van der Waals surface area contributed by atoms with Crippen LogP contribution in [-0.2, 0) is 11.2 Å². The summed E-state index contributed by atoms with van der Waals surface area (Å²) in [5.74, 6) is 1.07. The minimum absolute atomic E-state index is 0.0502. The summed E-state index contributed by atoms with van der Waals surface area (Å²) in [7, 11) is 0. The van der Waals surface area contributed by atoms with Crippen LogP contribution in [0.3, 0.4) is 0 Å². The lowest BCUT2D eigenvalue weighted by Gasteiger charge is -2.15. The molecule has 0 saturated heterocycles. The highest BCUT2D eigenvalue weighted by Crippen LogP contribution is 2.28. The minimum atomic E-state index is -0.0821. The molecule has 3 rings (SSSR count). The summed E-state index contributed by atoms with van der Waals surface area (Å²) in [6.45, 7) is 1.96. The Morgan fingerprint density at radius 2 is 1.96 bits per heavy atom. The molecule has 1 heterocycles. The molecule has 1 atom stereocenters. The van der Waals surface area contributed by atoms with E-state index in [4.69, 9.17) is 16.0 Å². The number of hydrogen-bond acceptors (Lipinski definition) is 3. The van der Waals surface area contributed by atoms with Crippen LogP contribution in [0.5, 0.6) is 0 Å². The van der Waals surface area contributed by atoms with Gasteiger partial charge in [-0.2, -0.15) is 0 Å². The zero-order chi connectivity index (χ0) is 18.5. The van der Waals surface area contributed by atoms with Gasteiger partial charge in [-0.25, -0.2) is 4.98 Å². The number of hydrogen-bond donors (Lipinski definition) is 1. The first-order valence-electron chi connectivity index (χ1n) is 8.28. The third kappa shape index (κ3) is 4.54. The molecule has 2 aromatic carbocycles. The van der Waals surface area contributed by atoms with E-state index >= 15 is 0 Å². The Kier molecular flexibility index (Phi) is 6.12. The third-order valence-corrected chi connectivity index (χ3v) is 5.06. The SMILES string of the molecule is CC(NC(=O)CCc1ncc(-c2ccccc2Cl)o1)c1ccccc1Br. The van der Waals surface area contributed by atoms with Crippen molar-refractivity contribution in [2.45, 2.75) is 25.8 Å². The third-order valence-electron chi connectivity index (χ3n) is 4.01. The van der Waals surface area contributed by atoms with E-state index in [1.54, 1.807) is 12.3 Å². The van der Waals surface area contributed by atoms with Crippen molar-refractivity contribution in [3.05, 3.63) is 75.7 Å². The van der Waals surface area contributed by atoms with E-state index < -0.39 is 0 Å². The fourth-order valence-electron chi connectivity index (χ4n) is 2.65. The first-order chi connectivity index (χ1) is 12.5. The quantitative estimate of drug-likeness (QED) is 0.553. The van der Waals surface area contributed by atoms with Gasteiger partial charge in [0.2, 0.25) is 5.91 Å². The molecule has 0 aliphatic rings. The second-order valence-electron chi connectivity index (χ2n) is 5.91. The van der Waals surface area contributed by atoms with Gasteiger partial charge in [0, 0.05) is 22.9 Å². The van der Waals surface area contributed by atoms with Gasteiger partial charge >= 0.3 is 0 Å². The Balaban J connectivity index is 1.57. The number of carbonyl (C=O) groups is 1. The topological polar surface area (TPSA) is 55.1 Å². The summed E-state index contributed by atoms with van der Waals surface area (Å²) in [6.07, 6.45) is 2.37. The summed E-state index contributed by atoms with van der Waals surface area (Å²) in [4.78, 5) is 16.5. The van der Waals surface area contributed by atoms with E-state index in [1.807, 2.05) is 49.4 Å². The fourth-order valence-corrected chi connectivity index (χ4v) is 3.51. The van der Waals surface area contributed by atoms with Crippen LogP contribution in [0, 0.1) is 0 Å². The maximum absolute atomic E-state index is 12.2. The molecule has 6 heteroatoms. The number of nitrogens with zero attached hydrogens (tertiary/aromatic N) is 1. The van der Waals surface area contributed by atoms with E-state index in [1.165, 1.54) is 0 Å². The Hall–Kier alpha value is -2.11. The average Bonchev–Trinajstić information content (AvgIpc) is 3.09. The lowest BCUT2D eigenvalue weighted by molar-refractivity contribution is -0.121. The number of nitrogens with one attached hydrogen (secondary N) is 1. The smallest absolute Gasteiger partial charge is 0.220 e. The van der Waals surface area contributed by atoms with Gasteiger partial charge in [-0.05, 0) is 30.7 Å². The molecule has 0 aliphatic carbocycles. The van der Waals surface area contributed by atoms with Crippen molar-refractivity contribution < 1.29 is 9.21 Å². The van der Waals surface area contributed by atoms with Crippen molar-refractivity contribution in [2.24, 2.45) is 0 Å². The first kappa shape index (κ1) is 18.7. The first-order valence-corrected chi connectivity index (χ1v) is 9.45. The van der Waals surface area contributed by atoms with Gasteiger partial charge in [-0.15, -0.1) is 0 Å². The molecule has 134 valence electrons. The minimum Gasteiger partial charge on any atom is -0.441 e. The Morgan fingerprint density at radius 1 is 1.23 bits per heavy atom. The van der Waals surface area contributed by atoms with Crippen molar-refractivity contribution >= 4 is 33.4 Å². The monoisotopic (exact) mass is 432 g/mol. The Labute approximate surface area is 165 Å². The van der Waals surface area contributed by atoms with E-state index in [-0.39, 0.29) is 11.9 Å². The summed E-state index contributed by atoms with van der Waals surface area (Å²) in [5.41, 5.74) is 1.83. The molecule has 26 heavy (non-hydrogen) atoms. The fraction of sp³-hybridized carbons (Fsp3) is 0.200. The van der Waals surface area contributed by atoms with Gasteiger partial charge in [-0.3, -0.25) is 4.79 Å². The van der Waals surface area contributed by atoms with Crippen molar-refractivity contribution in [1.29, 1.82) is 0 Å². The van der Waals surface area contributed by atoms with Gasteiger partial charge in [0.25, 0.3) is 0 Å². The van der Waals surface area contributed by atoms with Crippen molar-refractivity contribution in [1.82, 2.24) is 10.3 Å². The molecule has 3 aromatic rings. The molecular weight excluding hydrogens is 416 g/mol. The van der Waals surface area contributed by atoms with Crippen molar-refractivity contribution in [2.75, 3.05) is 0 Å². The predicted molar refractivity (Wildman–Crippen MR) is 106 cm³/mol. The molecule has 0 bridgehead atoms. The molecule has 0 aliphatic heterocycles. The zero-order valence-electron chi connectivity index (χ0n) is 14.2. The Morgan fingerprint density at radius 3 is 2.73 bits per heavy atom. The molecule has 0 saturated carbocycles. The van der Waals surface area contributed by atoms with Crippen molar-refractivity contribution in [3.8, 4) is 11.3 Å². The van der Waals surface area contributed by atoms with E-state index in [0.29, 0.717) is 29.5 Å². The number of carbonyl (C=O) groups excluding carboxylic acids is 1. The normalized spacial score (nSPS) is 12.0. The maximum atomic E-state index is 12.2. The van der Waals surface area contributed by atoms with Crippen LogP contribution >= 0.6 is 27.5 Å². The van der Waals surface area contributed by atoms with Gasteiger partial charge in [-0.1, -0.05) is 57.9 Å². The number of rotatable bonds is 6. The molecule has 1 unspecified atom stereocenters. The molecular formula is C20H18BrClN2O2. The molecule has 1 aromatic heterocycles. The van der Waals surface area contributed by atoms with Gasteiger partial charge in [0.15, 0.2) is 11.7 Å². The van der Waals surface area contributed by atoms with Gasteiger partial charge in [0.05, 0.1) is 17.3 Å². The highest BCUT2D eigenvalue weighted by atomic mass is 79.9. The second-order valence-corrected chi connectivity index (χ2v) is 7.17. The van der Waals surface area contributed by atoms with Crippen LogP contribution in [-0.4, -0.2) is 10.9 Å². The van der Waals surface area contributed by atoms with Crippen molar-refractivity contribution in [3.63, 3.8) is 0 Å². The lowest BCUT2D eigenvalue weighted by atomic mass is 10.1. The second kappa shape index (κ2) is 8.52. The average molecular weight is 434 g/mol. The summed E-state index contributed by atoms with van der Waals surface area (Å²) < 4.78 is 6.70. The van der Waals surface area contributed by atoms with Crippen LogP contribution in [0.4, 0.5) is 0 Å². The summed E-state index contributed by atoms with van der Waals surface area (Å²) in [5, 5.41) is 3.60. The maximum Gasteiger partial charge on any atom is 0.220 e. The molecule has 1 N–H and O–H groups in total. The zero-order valence-corrected chi connectivity index (χ0v) is 16.5. The number of aryl methyl sites for hydroxylation is 1. The number of aromatic nitrogens is 1. The van der Waals surface area contributed by atoms with Crippen LogP contribution in [0.1, 0.15) is 30.8 Å². The van der Waals surface area contributed by atoms with Gasteiger partial charge < -0.3 is 9.73 Å². The van der Waals surface area contributed by atoms with Crippen LogP contribution in [0.15, 0.2) is 63.6 Å².